The number of aromatic nitrogens is 4. The number of nitrogens with one attached hydrogen (secondary N) is 1. The van der Waals surface area contributed by atoms with E-state index >= 15 is 0 Å². The van der Waals surface area contributed by atoms with Crippen molar-refractivity contribution in [1.29, 1.82) is 0 Å². The summed E-state index contributed by atoms with van der Waals surface area (Å²) >= 11 is 0. The maximum atomic E-state index is 12.7. The average Bonchev–Trinajstić information content (AvgIpc) is 3.07. The van der Waals surface area contributed by atoms with Crippen LogP contribution >= 0.6 is 0 Å². The van der Waals surface area contributed by atoms with Gasteiger partial charge in [0.15, 0.2) is 0 Å². The van der Waals surface area contributed by atoms with Gasteiger partial charge in [-0.2, -0.15) is 4.98 Å². The van der Waals surface area contributed by atoms with Gasteiger partial charge in [0.05, 0.1) is 0 Å². The lowest BCUT2D eigenvalue weighted by molar-refractivity contribution is 0.0817. The highest BCUT2D eigenvalue weighted by molar-refractivity contribution is 5.91. The lowest BCUT2D eigenvalue weighted by Crippen LogP contribution is -2.47. The Balaban J connectivity index is 1.61. The second-order valence-electron chi connectivity index (χ2n) is 8.32. The molecule has 2 bridgehead atoms. The topological polar surface area (TPSA) is 72.2 Å². The minimum atomic E-state index is -0.188. The summed E-state index contributed by atoms with van der Waals surface area (Å²) in [6.45, 7) is 10.9. The quantitative estimate of drug-likeness (QED) is 0.920. The molecule has 2 aromatic heterocycles. The normalized spacial score (nSPS) is 30.9. The summed E-state index contributed by atoms with van der Waals surface area (Å²) in [7, 11) is 0. The number of hydrogen-bond donors (Lipinski definition) is 1. The zero-order valence-electron chi connectivity index (χ0n) is 15.1. The number of fused-ring (bicyclic) bond motifs is 3. The van der Waals surface area contributed by atoms with Crippen molar-refractivity contribution in [3.8, 4) is 0 Å². The van der Waals surface area contributed by atoms with Gasteiger partial charge < -0.3 is 5.32 Å². The molecule has 6 nitrogen and oxygen atoms in total. The van der Waals surface area contributed by atoms with E-state index in [1.807, 2.05) is 19.9 Å². The fourth-order valence-electron chi connectivity index (χ4n) is 4.91. The number of rotatable bonds is 2. The van der Waals surface area contributed by atoms with Crippen LogP contribution < -0.4 is 5.32 Å². The molecule has 2 aliphatic carbocycles. The molecule has 1 amide bonds. The number of aryl methyl sites for hydroxylation is 2. The molecule has 2 saturated carbocycles. The van der Waals surface area contributed by atoms with Gasteiger partial charge in [0, 0.05) is 17.4 Å². The Kier molecular flexibility index (Phi) is 3.09. The van der Waals surface area contributed by atoms with Gasteiger partial charge in [-0.05, 0) is 55.9 Å². The minimum Gasteiger partial charge on any atom is -0.346 e. The molecule has 4 rings (SSSR count). The van der Waals surface area contributed by atoms with Gasteiger partial charge in [0.2, 0.25) is 5.82 Å². The molecule has 2 aromatic rings. The average molecular weight is 327 g/mol. The molecule has 0 spiro atoms. The van der Waals surface area contributed by atoms with Crippen molar-refractivity contribution in [2.24, 2.45) is 16.7 Å². The predicted molar refractivity (Wildman–Crippen MR) is 90.7 cm³/mol. The first-order chi connectivity index (χ1) is 11.2. The van der Waals surface area contributed by atoms with Crippen LogP contribution in [0.25, 0.3) is 5.78 Å². The summed E-state index contributed by atoms with van der Waals surface area (Å²) in [5.74, 6) is 1.19. The lowest BCUT2D eigenvalue weighted by atomic mass is 9.69. The van der Waals surface area contributed by atoms with E-state index in [0.717, 1.165) is 17.8 Å². The van der Waals surface area contributed by atoms with Crippen molar-refractivity contribution in [3.63, 3.8) is 0 Å². The second-order valence-corrected chi connectivity index (χ2v) is 8.32. The maximum absolute atomic E-state index is 12.7. The van der Waals surface area contributed by atoms with Crippen molar-refractivity contribution < 1.29 is 4.79 Å². The first-order valence-electron chi connectivity index (χ1n) is 8.74. The van der Waals surface area contributed by atoms with Crippen LogP contribution in [0.2, 0.25) is 0 Å². The fourth-order valence-corrected chi connectivity index (χ4v) is 4.91. The van der Waals surface area contributed by atoms with E-state index in [-0.39, 0.29) is 28.6 Å². The Morgan fingerprint density at radius 2 is 2.04 bits per heavy atom. The van der Waals surface area contributed by atoms with E-state index < -0.39 is 0 Å². The minimum absolute atomic E-state index is 0.150. The molecule has 0 aliphatic heterocycles. The Labute approximate surface area is 142 Å². The van der Waals surface area contributed by atoms with E-state index in [9.17, 15) is 4.79 Å². The highest BCUT2D eigenvalue weighted by Gasteiger charge is 2.61. The van der Waals surface area contributed by atoms with Crippen LogP contribution in [0, 0.1) is 30.6 Å². The van der Waals surface area contributed by atoms with Crippen LogP contribution in [-0.2, 0) is 0 Å². The van der Waals surface area contributed by atoms with Crippen molar-refractivity contribution in [3.05, 3.63) is 23.3 Å². The second kappa shape index (κ2) is 4.77. The summed E-state index contributed by atoms with van der Waals surface area (Å²) in [5, 5.41) is 7.56. The Morgan fingerprint density at radius 3 is 2.67 bits per heavy atom. The van der Waals surface area contributed by atoms with Crippen molar-refractivity contribution in [2.45, 2.75) is 59.9 Å². The molecule has 128 valence electrons. The molecular weight excluding hydrogens is 302 g/mol. The predicted octanol–water partition coefficient (Wildman–Crippen LogP) is 2.69. The van der Waals surface area contributed by atoms with Gasteiger partial charge in [-0.1, -0.05) is 20.8 Å². The summed E-state index contributed by atoms with van der Waals surface area (Å²) in [6.07, 6.45) is 3.50. The maximum Gasteiger partial charge on any atom is 0.291 e. The molecule has 0 radical (unpaired) electrons. The third-order valence-corrected chi connectivity index (χ3v) is 6.92. The summed E-state index contributed by atoms with van der Waals surface area (Å²) in [5.41, 5.74) is 2.22. The Hall–Kier alpha value is -1.98. The van der Waals surface area contributed by atoms with E-state index in [1.54, 1.807) is 4.52 Å². The Bertz CT molecular complexity index is 839. The van der Waals surface area contributed by atoms with Gasteiger partial charge in [-0.25, -0.2) is 9.50 Å². The summed E-state index contributed by atoms with van der Waals surface area (Å²) < 4.78 is 1.63. The van der Waals surface area contributed by atoms with E-state index in [2.05, 4.69) is 41.2 Å². The van der Waals surface area contributed by atoms with Crippen molar-refractivity contribution >= 4 is 11.7 Å². The largest absolute Gasteiger partial charge is 0.346 e. The molecule has 2 aliphatic rings. The smallest absolute Gasteiger partial charge is 0.291 e. The van der Waals surface area contributed by atoms with Crippen molar-refractivity contribution in [1.82, 2.24) is 24.9 Å². The zero-order valence-corrected chi connectivity index (χ0v) is 15.1. The molecule has 0 saturated heterocycles. The highest BCUT2D eigenvalue weighted by atomic mass is 16.2. The fraction of sp³-hybridized carbons (Fsp3) is 0.667. The molecule has 0 aromatic carbocycles. The lowest BCUT2D eigenvalue weighted by Gasteiger charge is -2.39. The van der Waals surface area contributed by atoms with E-state index in [0.29, 0.717) is 11.7 Å². The van der Waals surface area contributed by atoms with Crippen LogP contribution in [0.4, 0.5) is 0 Å². The molecule has 1 N–H and O–H groups in total. The molecule has 2 heterocycles. The van der Waals surface area contributed by atoms with Crippen LogP contribution in [0.5, 0.6) is 0 Å². The molecule has 2 fully saturated rings. The number of amides is 1. The van der Waals surface area contributed by atoms with Crippen LogP contribution in [-0.4, -0.2) is 31.5 Å². The first kappa shape index (κ1) is 15.5. The third-order valence-electron chi connectivity index (χ3n) is 6.92. The Morgan fingerprint density at radius 1 is 1.29 bits per heavy atom. The number of nitrogens with zero attached hydrogens (tertiary/aromatic N) is 4. The van der Waals surface area contributed by atoms with E-state index in [4.69, 9.17) is 0 Å². The van der Waals surface area contributed by atoms with Crippen LogP contribution in [0.1, 0.15) is 62.0 Å². The molecule has 6 heteroatoms. The van der Waals surface area contributed by atoms with Gasteiger partial charge in [0.25, 0.3) is 11.7 Å². The third kappa shape index (κ3) is 1.95. The number of hydrogen-bond acceptors (Lipinski definition) is 4. The monoisotopic (exact) mass is 327 g/mol. The molecule has 24 heavy (non-hydrogen) atoms. The summed E-state index contributed by atoms with van der Waals surface area (Å²) in [6, 6.07) is 2.13. The van der Waals surface area contributed by atoms with Crippen LogP contribution in [0.3, 0.4) is 0 Å². The van der Waals surface area contributed by atoms with E-state index in [1.165, 1.54) is 12.8 Å². The van der Waals surface area contributed by atoms with Gasteiger partial charge in [-0.15, -0.1) is 5.10 Å². The van der Waals surface area contributed by atoms with Gasteiger partial charge in [0.1, 0.15) is 0 Å². The van der Waals surface area contributed by atoms with Gasteiger partial charge in [-0.3, -0.25) is 4.79 Å². The van der Waals surface area contributed by atoms with Crippen LogP contribution in [0.15, 0.2) is 6.07 Å². The number of carbonyl (C=O) groups is 1. The summed E-state index contributed by atoms with van der Waals surface area (Å²) in [4.78, 5) is 21.4. The van der Waals surface area contributed by atoms with Crippen molar-refractivity contribution in [2.75, 3.05) is 0 Å². The first-order valence-corrected chi connectivity index (χ1v) is 8.74. The zero-order chi connectivity index (χ0) is 17.3. The molecule has 3 unspecified atom stereocenters. The molecule has 3 atom stereocenters. The van der Waals surface area contributed by atoms with Gasteiger partial charge >= 0.3 is 0 Å². The standard InChI is InChI=1S/C18H25N5O/c1-10-8-11(2)23-16(19-10)21-14(22-23)15(24)20-13-9-12-6-7-18(13,5)17(12,3)4/h8,12-13H,6-7,9H2,1-5H3,(H,20,24). The molecular formula is C18H25N5O. The number of carbonyl (C=O) groups excluding carboxylic acids is 1. The highest BCUT2D eigenvalue weighted by Crippen LogP contribution is 2.65. The SMILES string of the molecule is Cc1cc(C)n2nc(C(=O)NC3CC4CCC3(C)C4(C)C)nc2n1.